The van der Waals surface area contributed by atoms with Crippen LogP contribution in [-0.2, 0) is 4.79 Å². The molecule has 1 aliphatic rings. The van der Waals surface area contributed by atoms with E-state index in [1.165, 1.54) is 0 Å². The summed E-state index contributed by atoms with van der Waals surface area (Å²) >= 11 is 3.35. The third kappa shape index (κ3) is 2.21. The maximum absolute atomic E-state index is 10.9. The molecule has 1 aromatic carbocycles. The van der Waals surface area contributed by atoms with E-state index in [0.717, 1.165) is 10.2 Å². The highest BCUT2D eigenvalue weighted by molar-refractivity contribution is 9.10. The highest BCUT2D eigenvalue weighted by Gasteiger charge is 2.35. The Morgan fingerprint density at radius 1 is 1.61 bits per heavy atom. The molecule has 1 aromatic rings. The number of hydrogen-bond donors (Lipinski definition) is 1. The van der Waals surface area contributed by atoms with Gasteiger partial charge in [0, 0.05) is 23.5 Å². The SMILES string of the molecule is CC(C(=O)O)C1CN(c2cccc(Br)c2C#N)C1. The zero-order valence-corrected chi connectivity index (χ0v) is 11.5. The Labute approximate surface area is 114 Å². The molecule has 0 spiro atoms. The summed E-state index contributed by atoms with van der Waals surface area (Å²) in [5.74, 6) is -0.929. The summed E-state index contributed by atoms with van der Waals surface area (Å²) in [5.41, 5.74) is 1.49. The van der Waals surface area contributed by atoms with Crippen molar-refractivity contribution in [2.75, 3.05) is 18.0 Å². The van der Waals surface area contributed by atoms with Crippen molar-refractivity contribution >= 4 is 27.6 Å². The number of rotatable bonds is 3. The molecule has 0 radical (unpaired) electrons. The number of carboxylic acids is 1. The number of nitriles is 1. The van der Waals surface area contributed by atoms with Crippen LogP contribution in [0, 0.1) is 23.2 Å². The van der Waals surface area contributed by atoms with E-state index in [1.54, 1.807) is 6.92 Å². The second-order valence-electron chi connectivity index (χ2n) is 4.54. The fourth-order valence-corrected chi connectivity index (χ4v) is 2.56. The molecule has 18 heavy (non-hydrogen) atoms. The van der Waals surface area contributed by atoms with Crippen LogP contribution in [-0.4, -0.2) is 24.2 Å². The van der Waals surface area contributed by atoms with Crippen LogP contribution in [0.4, 0.5) is 5.69 Å². The van der Waals surface area contributed by atoms with Crippen LogP contribution in [0.1, 0.15) is 12.5 Å². The van der Waals surface area contributed by atoms with E-state index >= 15 is 0 Å². The second kappa shape index (κ2) is 4.99. The second-order valence-corrected chi connectivity index (χ2v) is 5.39. The van der Waals surface area contributed by atoms with Gasteiger partial charge in [0.05, 0.1) is 17.2 Å². The molecule has 4 nitrogen and oxygen atoms in total. The van der Waals surface area contributed by atoms with Crippen LogP contribution < -0.4 is 4.90 Å². The van der Waals surface area contributed by atoms with E-state index in [4.69, 9.17) is 10.4 Å². The standard InChI is InChI=1S/C13H13BrN2O2/c1-8(13(17)18)9-6-16(7-9)12-4-2-3-11(14)10(12)5-15/h2-4,8-9H,6-7H2,1H3,(H,17,18). The minimum Gasteiger partial charge on any atom is -0.481 e. The van der Waals surface area contributed by atoms with Gasteiger partial charge in [-0.15, -0.1) is 0 Å². The molecule has 1 aliphatic heterocycles. The summed E-state index contributed by atoms with van der Waals surface area (Å²) in [6.07, 6.45) is 0. The van der Waals surface area contributed by atoms with Crippen LogP contribution in [0.3, 0.4) is 0 Å². The van der Waals surface area contributed by atoms with Gasteiger partial charge in [-0.25, -0.2) is 0 Å². The third-order valence-corrected chi connectivity index (χ3v) is 4.11. The number of hydrogen-bond acceptors (Lipinski definition) is 3. The molecule has 0 aliphatic carbocycles. The van der Waals surface area contributed by atoms with Gasteiger partial charge in [-0.1, -0.05) is 13.0 Å². The largest absolute Gasteiger partial charge is 0.481 e. The van der Waals surface area contributed by atoms with E-state index in [9.17, 15) is 4.79 Å². The van der Waals surface area contributed by atoms with Gasteiger partial charge < -0.3 is 10.0 Å². The first-order valence-electron chi connectivity index (χ1n) is 5.71. The van der Waals surface area contributed by atoms with Crippen molar-refractivity contribution in [2.24, 2.45) is 11.8 Å². The summed E-state index contributed by atoms with van der Waals surface area (Å²) in [6, 6.07) is 7.78. The van der Waals surface area contributed by atoms with E-state index in [2.05, 4.69) is 22.0 Å². The van der Waals surface area contributed by atoms with Gasteiger partial charge in [0.1, 0.15) is 6.07 Å². The Balaban J connectivity index is 2.12. The first-order valence-corrected chi connectivity index (χ1v) is 6.50. The zero-order chi connectivity index (χ0) is 13.3. The van der Waals surface area contributed by atoms with Gasteiger partial charge in [0.2, 0.25) is 0 Å². The molecule has 1 heterocycles. The lowest BCUT2D eigenvalue weighted by atomic mass is 9.86. The molecule has 0 saturated carbocycles. The summed E-state index contributed by atoms with van der Waals surface area (Å²) < 4.78 is 0.775. The van der Waals surface area contributed by atoms with Crippen LogP contribution in [0.5, 0.6) is 0 Å². The molecule has 0 amide bonds. The zero-order valence-electron chi connectivity index (χ0n) is 9.93. The van der Waals surface area contributed by atoms with Gasteiger partial charge in [-0.05, 0) is 28.1 Å². The smallest absolute Gasteiger partial charge is 0.306 e. The first kappa shape index (κ1) is 12.9. The monoisotopic (exact) mass is 308 g/mol. The van der Waals surface area contributed by atoms with Crippen molar-refractivity contribution in [3.05, 3.63) is 28.2 Å². The van der Waals surface area contributed by atoms with Crippen molar-refractivity contribution in [1.29, 1.82) is 5.26 Å². The predicted molar refractivity (Wildman–Crippen MR) is 71.4 cm³/mol. The lowest BCUT2D eigenvalue weighted by molar-refractivity contribution is -0.143. The summed E-state index contributed by atoms with van der Waals surface area (Å²) in [4.78, 5) is 12.9. The number of carbonyl (C=O) groups is 1. The molecule has 0 bridgehead atoms. The van der Waals surface area contributed by atoms with Crippen molar-refractivity contribution in [2.45, 2.75) is 6.92 Å². The van der Waals surface area contributed by atoms with E-state index < -0.39 is 5.97 Å². The average Bonchev–Trinajstić information content (AvgIpc) is 2.27. The molecule has 2 rings (SSSR count). The van der Waals surface area contributed by atoms with Gasteiger partial charge in [0.25, 0.3) is 0 Å². The number of nitrogens with zero attached hydrogens (tertiary/aromatic N) is 2. The van der Waals surface area contributed by atoms with Crippen LogP contribution in [0.2, 0.25) is 0 Å². The van der Waals surface area contributed by atoms with Gasteiger partial charge in [-0.3, -0.25) is 4.79 Å². The lowest BCUT2D eigenvalue weighted by Crippen LogP contribution is -2.51. The Morgan fingerprint density at radius 2 is 2.28 bits per heavy atom. The minimum atomic E-state index is -0.755. The Bertz CT molecular complexity index is 518. The van der Waals surface area contributed by atoms with Crippen LogP contribution in [0.25, 0.3) is 0 Å². The highest BCUT2D eigenvalue weighted by atomic mass is 79.9. The highest BCUT2D eigenvalue weighted by Crippen LogP contribution is 2.34. The predicted octanol–water partition coefficient (Wildman–Crippen LogP) is 2.48. The van der Waals surface area contributed by atoms with Crippen LogP contribution >= 0.6 is 15.9 Å². The fourth-order valence-electron chi connectivity index (χ4n) is 2.11. The van der Waals surface area contributed by atoms with Crippen molar-refractivity contribution in [3.8, 4) is 6.07 Å². The molecule has 1 unspecified atom stereocenters. The summed E-state index contributed by atoms with van der Waals surface area (Å²) in [5, 5.41) is 18.1. The quantitative estimate of drug-likeness (QED) is 0.931. The van der Waals surface area contributed by atoms with Crippen molar-refractivity contribution in [1.82, 2.24) is 0 Å². The van der Waals surface area contributed by atoms with Gasteiger partial charge >= 0.3 is 5.97 Å². The maximum Gasteiger partial charge on any atom is 0.306 e. The maximum atomic E-state index is 10.9. The van der Waals surface area contributed by atoms with Gasteiger partial charge in [-0.2, -0.15) is 5.26 Å². The molecular formula is C13H13BrN2O2. The lowest BCUT2D eigenvalue weighted by Gasteiger charge is -2.43. The molecule has 0 aromatic heterocycles. The van der Waals surface area contributed by atoms with Crippen LogP contribution in [0.15, 0.2) is 22.7 Å². The minimum absolute atomic E-state index is 0.160. The van der Waals surface area contributed by atoms with Gasteiger partial charge in [0.15, 0.2) is 0 Å². The molecule has 1 fully saturated rings. The molecule has 1 saturated heterocycles. The van der Waals surface area contributed by atoms with E-state index in [-0.39, 0.29) is 11.8 Å². The number of benzene rings is 1. The van der Waals surface area contributed by atoms with E-state index in [1.807, 2.05) is 23.1 Å². The fraction of sp³-hybridized carbons (Fsp3) is 0.385. The van der Waals surface area contributed by atoms with E-state index in [0.29, 0.717) is 18.7 Å². The Morgan fingerprint density at radius 3 is 2.83 bits per heavy atom. The molecule has 1 atom stereocenters. The number of carboxylic acid groups (broad SMARTS) is 1. The number of anilines is 1. The summed E-state index contributed by atoms with van der Waals surface area (Å²) in [7, 11) is 0. The normalized spacial score (nSPS) is 16.8. The van der Waals surface area contributed by atoms with Crippen molar-refractivity contribution < 1.29 is 9.90 Å². The molecule has 94 valence electrons. The Kier molecular flexibility index (Phi) is 3.58. The first-order chi connectivity index (χ1) is 8.54. The third-order valence-electron chi connectivity index (χ3n) is 3.45. The summed E-state index contributed by atoms with van der Waals surface area (Å²) in [6.45, 7) is 3.12. The molecule has 5 heteroatoms. The average molecular weight is 309 g/mol. The number of halogens is 1. The topological polar surface area (TPSA) is 64.3 Å². The Hall–Kier alpha value is -1.54. The molecular weight excluding hydrogens is 296 g/mol. The number of aliphatic carboxylic acids is 1. The molecule has 1 N–H and O–H groups in total. The van der Waals surface area contributed by atoms with Crippen molar-refractivity contribution in [3.63, 3.8) is 0 Å².